The number of hydrogen-bond acceptors (Lipinski definition) is 3. The van der Waals surface area contributed by atoms with Gasteiger partial charge in [0.2, 0.25) is 0 Å². The van der Waals surface area contributed by atoms with Crippen LogP contribution >= 0.6 is 0 Å². The highest BCUT2D eigenvalue weighted by atomic mass is 15.3. The minimum Gasteiger partial charge on any atom is -0.345 e. The summed E-state index contributed by atoms with van der Waals surface area (Å²) in [4.78, 5) is 7.04. The van der Waals surface area contributed by atoms with Crippen LogP contribution in [0.4, 0.5) is 0 Å². The van der Waals surface area contributed by atoms with Gasteiger partial charge in [0.25, 0.3) is 0 Å². The summed E-state index contributed by atoms with van der Waals surface area (Å²) in [6, 6.07) is 21.1. The van der Waals surface area contributed by atoms with Crippen molar-refractivity contribution < 1.29 is 0 Å². The minimum atomic E-state index is 0.207. The van der Waals surface area contributed by atoms with E-state index in [0.29, 0.717) is 6.67 Å². The molecule has 2 N–H and O–H groups in total. The highest BCUT2D eigenvalue weighted by Crippen LogP contribution is 2.25. The Balaban J connectivity index is 1.81. The first-order chi connectivity index (χ1) is 9.86. The van der Waals surface area contributed by atoms with Crippen molar-refractivity contribution in [3.05, 3.63) is 71.8 Å². The number of benzene rings is 2. The lowest BCUT2D eigenvalue weighted by Crippen LogP contribution is -2.34. The van der Waals surface area contributed by atoms with Crippen molar-refractivity contribution in [1.82, 2.24) is 4.90 Å². The Morgan fingerprint density at radius 3 is 2.30 bits per heavy atom. The third kappa shape index (κ3) is 2.73. The average molecular weight is 265 g/mol. The molecule has 3 nitrogen and oxygen atoms in total. The van der Waals surface area contributed by atoms with Gasteiger partial charge in [-0.05, 0) is 11.1 Å². The molecule has 1 atom stereocenters. The molecule has 0 radical (unpaired) electrons. The van der Waals surface area contributed by atoms with E-state index in [1.807, 2.05) is 12.1 Å². The fourth-order valence-electron chi connectivity index (χ4n) is 2.59. The molecule has 3 rings (SSSR count). The van der Waals surface area contributed by atoms with Crippen LogP contribution in [0.3, 0.4) is 0 Å². The van der Waals surface area contributed by atoms with Crippen molar-refractivity contribution in [3.63, 3.8) is 0 Å². The number of rotatable bonds is 4. The van der Waals surface area contributed by atoms with E-state index in [4.69, 9.17) is 10.7 Å². The average Bonchev–Trinajstić information content (AvgIpc) is 2.92. The molecule has 20 heavy (non-hydrogen) atoms. The molecule has 2 aromatic carbocycles. The summed E-state index contributed by atoms with van der Waals surface area (Å²) < 4.78 is 0. The molecular formula is C17H19N3. The van der Waals surface area contributed by atoms with E-state index < -0.39 is 0 Å². The molecular weight excluding hydrogens is 246 g/mol. The van der Waals surface area contributed by atoms with Gasteiger partial charge < -0.3 is 10.6 Å². The molecule has 0 amide bonds. The summed E-state index contributed by atoms with van der Waals surface area (Å²) in [6.45, 7) is 1.40. The summed E-state index contributed by atoms with van der Waals surface area (Å²) in [5, 5.41) is 0. The van der Waals surface area contributed by atoms with Crippen LogP contribution in [0.2, 0.25) is 0 Å². The van der Waals surface area contributed by atoms with Crippen molar-refractivity contribution in [2.75, 3.05) is 13.2 Å². The molecule has 0 aromatic heterocycles. The third-order valence-corrected chi connectivity index (χ3v) is 3.67. The van der Waals surface area contributed by atoms with Gasteiger partial charge in [0.1, 0.15) is 5.84 Å². The zero-order valence-electron chi connectivity index (χ0n) is 11.4. The summed E-state index contributed by atoms with van der Waals surface area (Å²) >= 11 is 0. The fourth-order valence-corrected chi connectivity index (χ4v) is 2.59. The van der Waals surface area contributed by atoms with Gasteiger partial charge in [-0.25, -0.2) is 0 Å². The maximum Gasteiger partial charge on any atom is 0.105 e. The lowest BCUT2D eigenvalue weighted by molar-refractivity contribution is 0.434. The normalized spacial score (nSPS) is 18.1. The molecule has 0 fully saturated rings. The first-order valence-electron chi connectivity index (χ1n) is 6.97. The molecule has 0 saturated carbocycles. The van der Waals surface area contributed by atoms with Crippen LogP contribution in [0.5, 0.6) is 0 Å². The SMILES string of the molecule is NCN1CC(c2ccccc2)N=C1Cc1ccccc1. The van der Waals surface area contributed by atoms with Crippen LogP contribution in [0, 0.1) is 0 Å². The standard InChI is InChI=1S/C17H19N3/c18-13-20-12-16(15-9-5-2-6-10-15)19-17(20)11-14-7-3-1-4-8-14/h1-10,16H,11-13,18H2. The number of nitrogens with two attached hydrogens (primary N) is 1. The van der Waals surface area contributed by atoms with Gasteiger partial charge in [-0.1, -0.05) is 60.7 Å². The minimum absolute atomic E-state index is 0.207. The highest BCUT2D eigenvalue weighted by Gasteiger charge is 2.24. The Morgan fingerprint density at radius 1 is 1.00 bits per heavy atom. The van der Waals surface area contributed by atoms with Crippen molar-refractivity contribution in [3.8, 4) is 0 Å². The maximum absolute atomic E-state index is 5.86. The number of amidine groups is 1. The maximum atomic E-state index is 5.86. The Bertz CT molecular complexity index is 578. The van der Waals surface area contributed by atoms with Crippen molar-refractivity contribution in [1.29, 1.82) is 0 Å². The monoisotopic (exact) mass is 265 g/mol. The third-order valence-electron chi connectivity index (χ3n) is 3.67. The molecule has 2 aromatic rings. The predicted molar refractivity (Wildman–Crippen MR) is 82.5 cm³/mol. The summed E-state index contributed by atoms with van der Waals surface area (Å²) in [5.41, 5.74) is 8.40. The number of hydrogen-bond donors (Lipinski definition) is 1. The van der Waals surface area contributed by atoms with Crippen molar-refractivity contribution >= 4 is 5.84 Å². The van der Waals surface area contributed by atoms with Crippen LogP contribution in [0.1, 0.15) is 17.2 Å². The lowest BCUT2D eigenvalue weighted by atomic mass is 10.1. The molecule has 1 heterocycles. The highest BCUT2D eigenvalue weighted by molar-refractivity contribution is 5.86. The molecule has 0 spiro atoms. The Labute approximate surface area is 119 Å². The van der Waals surface area contributed by atoms with E-state index in [0.717, 1.165) is 18.8 Å². The Morgan fingerprint density at radius 2 is 1.65 bits per heavy atom. The lowest BCUT2D eigenvalue weighted by Gasteiger charge is -2.18. The fraction of sp³-hybridized carbons (Fsp3) is 0.235. The molecule has 1 aliphatic rings. The van der Waals surface area contributed by atoms with Crippen molar-refractivity contribution in [2.45, 2.75) is 12.5 Å². The first-order valence-corrected chi connectivity index (χ1v) is 6.97. The predicted octanol–water partition coefficient (Wildman–Crippen LogP) is 2.60. The number of aliphatic imine (C=N–C) groups is 1. The largest absolute Gasteiger partial charge is 0.345 e. The molecule has 1 aliphatic heterocycles. The van der Waals surface area contributed by atoms with E-state index in [1.165, 1.54) is 11.1 Å². The zero-order valence-corrected chi connectivity index (χ0v) is 11.4. The van der Waals surface area contributed by atoms with Crippen LogP contribution in [0.15, 0.2) is 65.7 Å². The summed E-state index contributed by atoms with van der Waals surface area (Å²) in [7, 11) is 0. The first kappa shape index (κ1) is 12.9. The van der Waals surface area contributed by atoms with E-state index in [1.54, 1.807) is 0 Å². The van der Waals surface area contributed by atoms with Gasteiger partial charge in [0.15, 0.2) is 0 Å². The quantitative estimate of drug-likeness (QED) is 0.923. The number of nitrogens with zero attached hydrogens (tertiary/aromatic N) is 2. The van der Waals surface area contributed by atoms with Crippen LogP contribution in [-0.4, -0.2) is 23.9 Å². The van der Waals surface area contributed by atoms with E-state index in [9.17, 15) is 0 Å². The van der Waals surface area contributed by atoms with Gasteiger partial charge in [0.05, 0.1) is 12.7 Å². The zero-order chi connectivity index (χ0) is 13.8. The molecule has 0 saturated heterocycles. The van der Waals surface area contributed by atoms with Crippen molar-refractivity contribution in [2.24, 2.45) is 10.7 Å². The molecule has 102 valence electrons. The molecule has 0 aliphatic carbocycles. The van der Waals surface area contributed by atoms with Gasteiger partial charge in [0, 0.05) is 13.0 Å². The molecule has 1 unspecified atom stereocenters. The topological polar surface area (TPSA) is 41.6 Å². The molecule has 0 bridgehead atoms. The Hall–Kier alpha value is -2.13. The van der Waals surface area contributed by atoms with Crippen LogP contribution < -0.4 is 5.73 Å². The van der Waals surface area contributed by atoms with Gasteiger partial charge >= 0.3 is 0 Å². The van der Waals surface area contributed by atoms with Crippen LogP contribution in [-0.2, 0) is 6.42 Å². The van der Waals surface area contributed by atoms with Crippen LogP contribution in [0.25, 0.3) is 0 Å². The van der Waals surface area contributed by atoms with Gasteiger partial charge in [-0.3, -0.25) is 4.99 Å². The smallest absolute Gasteiger partial charge is 0.105 e. The van der Waals surface area contributed by atoms with Gasteiger partial charge in [-0.15, -0.1) is 0 Å². The van der Waals surface area contributed by atoms with E-state index >= 15 is 0 Å². The van der Waals surface area contributed by atoms with E-state index in [2.05, 4.69) is 53.4 Å². The Kier molecular flexibility index (Phi) is 3.79. The second-order valence-corrected chi connectivity index (χ2v) is 5.04. The summed E-state index contributed by atoms with van der Waals surface area (Å²) in [6.07, 6.45) is 0.849. The van der Waals surface area contributed by atoms with Gasteiger partial charge in [-0.2, -0.15) is 0 Å². The second-order valence-electron chi connectivity index (χ2n) is 5.04. The summed E-state index contributed by atoms with van der Waals surface area (Å²) in [5.74, 6) is 1.09. The second kappa shape index (κ2) is 5.88. The molecule has 3 heteroatoms. The van der Waals surface area contributed by atoms with E-state index in [-0.39, 0.29) is 6.04 Å².